The van der Waals surface area contributed by atoms with E-state index in [4.69, 9.17) is 20.3 Å². The molecule has 0 aliphatic heterocycles. The van der Waals surface area contributed by atoms with Crippen molar-refractivity contribution in [3.05, 3.63) is 90.5 Å². The van der Waals surface area contributed by atoms with E-state index in [0.29, 0.717) is 28.4 Å². The Kier molecular flexibility index (Phi) is 10.2. The molecule has 8 nitrogen and oxygen atoms in total. The van der Waals surface area contributed by atoms with Gasteiger partial charge in [0.05, 0.1) is 18.0 Å². The lowest BCUT2D eigenvalue weighted by Crippen LogP contribution is -2.28. The van der Waals surface area contributed by atoms with Crippen molar-refractivity contribution < 1.29 is 24.2 Å². The first-order valence-corrected chi connectivity index (χ1v) is 13.2. The molecule has 3 aromatic rings. The van der Waals surface area contributed by atoms with Gasteiger partial charge in [-0.25, -0.2) is 4.79 Å². The molecule has 0 saturated carbocycles. The van der Waals surface area contributed by atoms with Crippen LogP contribution in [0.4, 0.5) is 21.9 Å². The summed E-state index contributed by atoms with van der Waals surface area (Å²) in [4.78, 5) is 26.7. The Labute approximate surface area is 227 Å². The van der Waals surface area contributed by atoms with Gasteiger partial charge in [-0.1, -0.05) is 44.2 Å². The normalized spacial score (nSPS) is 12.1. The number of carbonyl (C=O) groups excluding carboxylic acids is 2. The Morgan fingerprint density at radius 2 is 1.79 bits per heavy atom. The smallest absolute Gasteiger partial charge is 0.412 e. The van der Waals surface area contributed by atoms with Gasteiger partial charge >= 0.3 is 6.09 Å². The molecule has 0 fully saturated rings. The molecule has 0 radical (unpaired) electrons. The monoisotopic (exact) mass is 535 g/mol. The third kappa shape index (κ3) is 8.29. The Bertz CT molecular complexity index is 1260. The van der Waals surface area contributed by atoms with Crippen LogP contribution in [0, 0.1) is 5.41 Å². The summed E-state index contributed by atoms with van der Waals surface area (Å²) in [5.41, 5.74) is 7.34. The van der Waals surface area contributed by atoms with Crippen molar-refractivity contribution in [3.63, 3.8) is 0 Å². The van der Waals surface area contributed by atoms with Gasteiger partial charge in [0.2, 0.25) is 5.91 Å². The first kappa shape index (κ1) is 28.6. The van der Waals surface area contributed by atoms with Crippen LogP contribution in [-0.4, -0.2) is 36.6 Å². The van der Waals surface area contributed by atoms with E-state index in [2.05, 4.69) is 10.6 Å². The lowest BCUT2D eigenvalue weighted by atomic mass is 9.82. The number of amides is 2. The number of rotatable bonds is 11. The third-order valence-electron chi connectivity index (χ3n) is 5.64. The van der Waals surface area contributed by atoms with E-state index in [0.717, 1.165) is 4.90 Å². The lowest BCUT2D eigenvalue weighted by molar-refractivity contribution is -0.112. The van der Waals surface area contributed by atoms with Crippen molar-refractivity contribution in [3.8, 4) is 5.75 Å². The maximum absolute atomic E-state index is 13.0. The van der Waals surface area contributed by atoms with E-state index in [-0.39, 0.29) is 19.1 Å². The van der Waals surface area contributed by atoms with Crippen LogP contribution in [-0.2, 0) is 9.53 Å². The number of thioether (sulfide) groups is 1. The molecule has 5 N–H and O–H groups in total. The Morgan fingerprint density at radius 3 is 2.47 bits per heavy atom. The van der Waals surface area contributed by atoms with Gasteiger partial charge in [-0.05, 0) is 66.4 Å². The summed E-state index contributed by atoms with van der Waals surface area (Å²) in [6, 6.07) is 21.5. The standard InChI is InChI=1S/C29H33N3O5S/c1-29(2,16-15-26(34)32-25-10-5-4-9-24(25)30)27(20-7-6-8-22(19-20)36-18-17-33)37-28(35)31-21-11-13-23(38-3)14-12-21/h4-16,19,27,33H,17-18,30H2,1-3H3,(H,31,35)(H,32,34)/b16-15+/t27-/m1/s1. The molecule has 200 valence electrons. The second-order valence-electron chi connectivity index (χ2n) is 9.01. The zero-order chi connectivity index (χ0) is 27.5. The van der Waals surface area contributed by atoms with E-state index >= 15 is 0 Å². The zero-order valence-corrected chi connectivity index (χ0v) is 22.5. The van der Waals surface area contributed by atoms with Crippen LogP contribution in [0.15, 0.2) is 89.8 Å². The molecule has 3 rings (SSSR count). The number of nitrogens with one attached hydrogen (secondary N) is 2. The van der Waals surface area contributed by atoms with Crippen LogP contribution in [0.2, 0.25) is 0 Å². The molecule has 0 saturated heterocycles. The first-order chi connectivity index (χ1) is 18.2. The Balaban J connectivity index is 1.83. The molecule has 0 spiro atoms. The highest BCUT2D eigenvalue weighted by Crippen LogP contribution is 2.39. The van der Waals surface area contributed by atoms with Crippen LogP contribution >= 0.6 is 11.8 Å². The summed E-state index contributed by atoms with van der Waals surface area (Å²) in [5, 5.41) is 14.6. The molecule has 3 aromatic carbocycles. The second kappa shape index (κ2) is 13.6. The molecule has 0 bridgehead atoms. The summed E-state index contributed by atoms with van der Waals surface area (Å²) in [7, 11) is 0. The fraction of sp³-hybridized carbons (Fsp3) is 0.241. The van der Waals surface area contributed by atoms with Crippen molar-refractivity contribution in [2.45, 2.75) is 24.8 Å². The number of aliphatic hydroxyl groups is 1. The number of hydrogen-bond acceptors (Lipinski definition) is 7. The van der Waals surface area contributed by atoms with E-state index in [1.807, 2.05) is 38.3 Å². The minimum Gasteiger partial charge on any atom is -0.491 e. The van der Waals surface area contributed by atoms with E-state index in [1.165, 1.54) is 6.08 Å². The molecule has 9 heteroatoms. The minimum absolute atomic E-state index is 0.128. The number of hydrogen-bond donors (Lipinski definition) is 4. The summed E-state index contributed by atoms with van der Waals surface area (Å²) >= 11 is 1.60. The van der Waals surface area contributed by atoms with E-state index in [1.54, 1.807) is 72.4 Å². The largest absolute Gasteiger partial charge is 0.491 e. The van der Waals surface area contributed by atoms with Gasteiger partial charge in [0.25, 0.3) is 0 Å². The maximum atomic E-state index is 13.0. The zero-order valence-electron chi connectivity index (χ0n) is 21.6. The molecule has 38 heavy (non-hydrogen) atoms. The summed E-state index contributed by atoms with van der Waals surface area (Å²) < 4.78 is 11.5. The summed E-state index contributed by atoms with van der Waals surface area (Å²) in [6.45, 7) is 3.73. The fourth-order valence-electron chi connectivity index (χ4n) is 3.67. The quantitative estimate of drug-likeness (QED) is 0.137. The predicted molar refractivity (Wildman–Crippen MR) is 152 cm³/mol. The average molecular weight is 536 g/mol. The topological polar surface area (TPSA) is 123 Å². The van der Waals surface area contributed by atoms with E-state index in [9.17, 15) is 9.59 Å². The Hall–Kier alpha value is -3.95. The van der Waals surface area contributed by atoms with Gasteiger partial charge in [-0.15, -0.1) is 11.8 Å². The number of carbonyl (C=O) groups is 2. The van der Waals surface area contributed by atoms with Crippen molar-refractivity contribution in [2.75, 3.05) is 35.8 Å². The molecule has 2 amide bonds. The number of para-hydroxylation sites is 2. The maximum Gasteiger partial charge on any atom is 0.412 e. The van der Waals surface area contributed by atoms with Gasteiger partial charge in [0.1, 0.15) is 18.5 Å². The summed E-state index contributed by atoms with van der Waals surface area (Å²) in [5.74, 6) is 0.156. The highest BCUT2D eigenvalue weighted by Gasteiger charge is 2.33. The minimum atomic E-state index is -0.810. The fourth-order valence-corrected chi connectivity index (χ4v) is 4.08. The van der Waals surface area contributed by atoms with Gasteiger partial charge in [0.15, 0.2) is 0 Å². The number of nitrogen functional groups attached to an aromatic ring is 1. The van der Waals surface area contributed by atoms with Crippen LogP contribution < -0.4 is 21.1 Å². The lowest BCUT2D eigenvalue weighted by Gasteiger charge is -2.32. The number of nitrogens with two attached hydrogens (primary N) is 1. The molecular formula is C29H33N3O5S. The molecule has 1 atom stereocenters. The molecule has 0 aromatic heterocycles. The van der Waals surface area contributed by atoms with Crippen molar-refractivity contribution in [1.29, 1.82) is 0 Å². The predicted octanol–water partition coefficient (Wildman–Crippen LogP) is 5.87. The van der Waals surface area contributed by atoms with Crippen LogP contribution in [0.3, 0.4) is 0 Å². The van der Waals surface area contributed by atoms with Gasteiger partial charge in [-0.2, -0.15) is 0 Å². The first-order valence-electron chi connectivity index (χ1n) is 12.0. The second-order valence-corrected chi connectivity index (χ2v) is 9.89. The van der Waals surface area contributed by atoms with E-state index < -0.39 is 17.6 Å². The van der Waals surface area contributed by atoms with Gasteiger partial charge < -0.3 is 25.6 Å². The van der Waals surface area contributed by atoms with Crippen LogP contribution in [0.1, 0.15) is 25.5 Å². The number of benzene rings is 3. The number of aliphatic hydroxyl groups excluding tert-OH is 1. The van der Waals surface area contributed by atoms with Gasteiger partial charge in [0, 0.05) is 16.0 Å². The Morgan fingerprint density at radius 1 is 1.05 bits per heavy atom. The van der Waals surface area contributed by atoms with Crippen molar-refractivity contribution >= 4 is 40.8 Å². The molecule has 0 aliphatic rings. The molecule has 0 unspecified atom stereocenters. The molecule has 0 heterocycles. The SMILES string of the molecule is CSc1ccc(NC(=O)O[C@H](c2cccc(OCCO)c2)C(C)(C)/C=C/C(=O)Nc2ccccc2N)cc1. The number of ether oxygens (including phenoxy) is 2. The van der Waals surface area contributed by atoms with Crippen molar-refractivity contribution in [1.82, 2.24) is 0 Å². The van der Waals surface area contributed by atoms with Gasteiger partial charge in [-0.3, -0.25) is 10.1 Å². The van der Waals surface area contributed by atoms with Crippen LogP contribution in [0.5, 0.6) is 5.75 Å². The number of anilines is 3. The molecule has 0 aliphatic carbocycles. The average Bonchev–Trinajstić information content (AvgIpc) is 2.91. The van der Waals surface area contributed by atoms with Crippen molar-refractivity contribution in [2.24, 2.45) is 5.41 Å². The highest BCUT2D eigenvalue weighted by atomic mass is 32.2. The highest BCUT2D eigenvalue weighted by molar-refractivity contribution is 7.98. The van der Waals surface area contributed by atoms with Crippen LogP contribution in [0.25, 0.3) is 0 Å². The summed E-state index contributed by atoms with van der Waals surface area (Å²) in [6.07, 6.45) is 3.64. The molecular weight excluding hydrogens is 502 g/mol. The third-order valence-corrected chi connectivity index (χ3v) is 6.38.